The number of aromatic nitrogens is 1. The predicted octanol–water partition coefficient (Wildman–Crippen LogP) is 1.47. The molecule has 0 atom stereocenters. The van der Waals surface area contributed by atoms with E-state index >= 15 is 0 Å². The van der Waals surface area contributed by atoms with Crippen LogP contribution in [0.1, 0.15) is 37.4 Å². The smallest absolute Gasteiger partial charge is 0.253 e. The van der Waals surface area contributed by atoms with Gasteiger partial charge in [0.15, 0.2) is 11.6 Å². The number of pyridine rings is 1. The molecule has 0 saturated carbocycles. The van der Waals surface area contributed by atoms with Crippen molar-refractivity contribution in [3.8, 4) is 0 Å². The van der Waals surface area contributed by atoms with Gasteiger partial charge in [0.1, 0.15) is 0 Å². The fraction of sp³-hybridized carbons (Fsp3) is 0.133. The van der Waals surface area contributed by atoms with Crippen LogP contribution in [0.15, 0.2) is 35.3 Å². The summed E-state index contributed by atoms with van der Waals surface area (Å²) in [5.41, 5.74) is 1.40. The van der Waals surface area contributed by atoms with E-state index < -0.39 is 0 Å². The minimum Gasteiger partial charge on any atom is -0.318 e. The van der Waals surface area contributed by atoms with Crippen LogP contribution in [0.5, 0.6) is 0 Å². The maximum Gasteiger partial charge on any atom is 0.253 e. The van der Waals surface area contributed by atoms with Gasteiger partial charge in [-0.15, -0.1) is 0 Å². The SMILES string of the molecule is Cc1c2c(cn(C)c1=O)C(=O)c1ccccc1C2=O. The van der Waals surface area contributed by atoms with Crippen molar-refractivity contribution in [1.82, 2.24) is 4.57 Å². The van der Waals surface area contributed by atoms with E-state index in [0.717, 1.165) is 0 Å². The van der Waals surface area contributed by atoms with Gasteiger partial charge in [0.25, 0.3) is 5.56 Å². The molecule has 1 heterocycles. The molecule has 0 N–H and O–H groups in total. The van der Waals surface area contributed by atoms with Crippen molar-refractivity contribution >= 4 is 11.6 Å². The van der Waals surface area contributed by atoms with Crippen LogP contribution in [0.4, 0.5) is 0 Å². The molecule has 94 valence electrons. The number of aryl methyl sites for hydroxylation is 1. The third-order valence-corrected chi connectivity index (χ3v) is 3.50. The number of fused-ring (bicyclic) bond motifs is 2. The zero-order valence-corrected chi connectivity index (χ0v) is 10.6. The van der Waals surface area contributed by atoms with E-state index in [0.29, 0.717) is 22.3 Å². The second-order valence-corrected chi connectivity index (χ2v) is 4.66. The van der Waals surface area contributed by atoms with Gasteiger partial charge in [-0.05, 0) is 6.92 Å². The van der Waals surface area contributed by atoms with Gasteiger partial charge < -0.3 is 4.57 Å². The largest absolute Gasteiger partial charge is 0.318 e. The van der Waals surface area contributed by atoms with Crippen molar-refractivity contribution in [2.75, 3.05) is 0 Å². The fourth-order valence-electron chi connectivity index (χ4n) is 2.51. The summed E-state index contributed by atoms with van der Waals surface area (Å²) in [6.07, 6.45) is 1.45. The monoisotopic (exact) mass is 253 g/mol. The first kappa shape index (κ1) is 11.6. The van der Waals surface area contributed by atoms with Gasteiger partial charge in [0.05, 0.1) is 5.56 Å². The number of hydrogen-bond donors (Lipinski definition) is 0. The number of hydrogen-bond acceptors (Lipinski definition) is 3. The van der Waals surface area contributed by atoms with Crippen LogP contribution in [0.25, 0.3) is 0 Å². The van der Waals surface area contributed by atoms with Crippen molar-refractivity contribution < 1.29 is 9.59 Å². The highest BCUT2D eigenvalue weighted by Crippen LogP contribution is 2.27. The van der Waals surface area contributed by atoms with Gasteiger partial charge in [0, 0.05) is 35.5 Å². The summed E-state index contributed by atoms with van der Waals surface area (Å²) in [6.45, 7) is 1.58. The summed E-state index contributed by atoms with van der Waals surface area (Å²) in [4.78, 5) is 36.7. The van der Waals surface area contributed by atoms with Crippen LogP contribution in [0.2, 0.25) is 0 Å². The van der Waals surface area contributed by atoms with E-state index in [-0.39, 0.29) is 22.7 Å². The summed E-state index contributed by atoms with van der Waals surface area (Å²) < 4.78 is 1.34. The molecule has 0 amide bonds. The van der Waals surface area contributed by atoms with Gasteiger partial charge in [-0.25, -0.2) is 0 Å². The van der Waals surface area contributed by atoms with Crippen molar-refractivity contribution in [3.63, 3.8) is 0 Å². The minimum atomic E-state index is -0.251. The first-order valence-electron chi connectivity index (χ1n) is 5.91. The molecule has 0 saturated heterocycles. The van der Waals surface area contributed by atoms with E-state index in [1.54, 1.807) is 38.2 Å². The van der Waals surface area contributed by atoms with Gasteiger partial charge in [-0.1, -0.05) is 24.3 Å². The van der Waals surface area contributed by atoms with Crippen LogP contribution in [-0.4, -0.2) is 16.1 Å². The highest BCUT2D eigenvalue weighted by Gasteiger charge is 2.31. The van der Waals surface area contributed by atoms with Crippen molar-refractivity contribution in [1.29, 1.82) is 0 Å². The Labute approximate surface area is 109 Å². The first-order valence-corrected chi connectivity index (χ1v) is 5.91. The molecule has 1 aliphatic rings. The van der Waals surface area contributed by atoms with Crippen molar-refractivity contribution in [2.24, 2.45) is 7.05 Å². The van der Waals surface area contributed by atoms with Crippen molar-refractivity contribution in [2.45, 2.75) is 6.92 Å². The Morgan fingerprint density at radius 1 is 0.895 bits per heavy atom. The lowest BCUT2D eigenvalue weighted by molar-refractivity contribution is 0.0977. The molecule has 0 unspecified atom stereocenters. The normalized spacial score (nSPS) is 13.2. The molecule has 4 nitrogen and oxygen atoms in total. The van der Waals surface area contributed by atoms with E-state index in [1.807, 2.05) is 0 Å². The molecule has 1 aromatic heterocycles. The Balaban J connectivity index is 2.43. The molecular formula is C15H11NO3. The number of carbonyl (C=O) groups is 2. The third-order valence-electron chi connectivity index (χ3n) is 3.50. The van der Waals surface area contributed by atoms with Gasteiger partial charge in [-0.2, -0.15) is 0 Å². The van der Waals surface area contributed by atoms with Gasteiger partial charge in [-0.3, -0.25) is 14.4 Å². The molecule has 19 heavy (non-hydrogen) atoms. The average Bonchev–Trinajstić information content (AvgIpc) is 2.42. The molecule has 1 aromatic carbocycles. The zero-order chi connectivity index (χ0) is 13.7. The number of rotatable bonds is 0. The Morgan fingerprint density at radius 3 is 2.11 bits per heavy atom. The zero-order valence-electron chi connectivity index (χ0n) is 10.6. The van der Waals surface area contributed by atoms with Crippen LogP contribution in [-0.2, 0) is 7.05 Å². The summed E-state index contributed by atoms with van der Waals surface area (Å²) in [5, 5.41) is 0. The lowest BCUT2D eigenvalue weighted by atomic mass is 9.83. The highest BCUT2D eigenvalue weighted by atomic mass is 16.1. The van der Waals surface area contributed by atoms with E-state index in [2.05, 4.69) is 0 Å². The number of ketones is 2. The minimum absolute atomic E-state index is 0.205. The van der Waals surface area contributed by atoms with Crippen LogP contribution in [0.3, 0.4) is 0 Å². The lowest BCUT2D eigenvalue weighted by Crippen LogP contribution is -2.30. The van der Waals surface area contributed by atoms with Crippen molar-refractivity contribution in [3.05, 3.63) is 68.6 Å². The second-order valence-electron chi connectivity index (χ2n) is 4.66. The number of benzene rings is 1. The quantitative estimate of drug-likeness (QED) is 0.609. The fourth-order valence-corrected chi connectivity index (χ4v) is 2.51. The number of nitrogens with zero attached hydrogens (tertiary/aromatic N) is 1. The summed E-state index contributed by atoms with van der Waals surface area (Å²) >= 11 is 0. The topological polar surface area (TPSA) is 56.1 Å². The Kier molecular flexibility index (Phi) is 2.29. The molecule has 1 aliphatic carbocycles. The first-order chi connectivity index (χ1) is 9.02. The second kappa shape index (κ2) is 3.75. The predicted molar refractivity (Wildman–Crippen MR) is 69.7 cm³/mol. The summed E-state index contributed by atoms with van der Waals surface area (Å²) in [7, 11) is 1.58. The molecule has 2 aromatic rings. The van der Waals surface area contributed by atoms with Crippen LogP contribution in [0, 0.1) is 6.92 Å². The molecular weight excluding hydrogens is 242 g/mol. The summed E-state index contributed by atoms with van der Waals surface area (Å²) in [5.74, 6) is -0.454. The van der Waals surface area contributed by atoms with E-state index in [4.69, 9.17) is 0 Å². The highest BCUT2D eigenvalue weighted by molar-refractivity contribution is 6.28. The van der Waals surface area contributed by atoms with Crippen LogP contribution >= 0.6 is 0 Å². The average molecular weight is 253 g/mol. The third kappa shape index (κ3) is 1.43. The number of carbonyl (C=O) groups excluding carboxylic acids is 2. The summed E-state index contributed by atoms with van der Waals surface area (Å²) in [6, 6.07) is 6.70. The molecule has 0 bridgehead atoms. The molecule has 4 heteroatoms. The maximum absolute atomic E-state index is 12.4. The van der Waals surface area contributed by atoms with E-state index in [9.17, 15) is 14.4 Å². The lowest BCUT2D eigenvalue weighted by Gasteiger charge is -2.19. The molecule has 3 rings (SSSR count). The van der Waals surface area contributed by atoms with Gasteiger partial charge >= 0.3 is 0 Å². The molecule has 0 aliphatic heterocycles. The van der Waals surface area contributed by atoms with Crippen LogP contribution < -0.4 is 5.56 Å². The standard InChI is InChI=1S/C15H11NO3/c1-8-12-11(7-16(2)15(8)19)13(17)9-5-3-4-6-10(9)14(12)18/h3-7H,1-2H3. The van der Waals surface area contributed by atoms with Gasteiger partial charge in [0.2, 0.25) is 0 Å². The Morgan fingerprint density at radius 2 is 1.47 bits per heavy atom. The van der Waals surface area contributed by atoms with E-state index in [1.165, 1.54) is 10.8 Å². The molecule has 0 fully saturated rings. The maximum atomic E-state index is 12.4. The Hall–Kier alpha value is -2.49. The Bertz CT molecular complexity index is 800. The molecule has 0 radical (unpaired) electrons. The molecule has 0 spiro atoms.